The molecule has 1 aliphatic rings. The molecule has 1 nitrogen and oxygen atoms in total. The first-order chi connectivity index (χ1) is 8.27. The zero-order chi connectivity index (χ0) is 12.1. The molecule has 1 aromatic rings. The summed E-state index contributed by atoms with van der Waals surface area (Å²) in [4.78, 5) is 2.43. The Hall–Kier alpha value is -0.820. The van der Waals surface area contributed by atoms with Gasteiger partial charge in [0.05, 0.1) is 0 Å². The molecule has 0 saturated heterocycles. The lowest BCUT2D eigenvalue weighted by Crippen LogP contribution is -2.38. The van der Waals surface area contributed by atoms with Crippen LogP contribution in [0.1, 0.15) is 37.7 Å². The Morgan fingerprint density at radius 3 is 2.29 bits per heavy atom. The molecule has 0 heterocycles. The van der Waals surface area contributed by atoms with Crippen LogP contribution in [0, 0.1) is 5.92 Å². The summed E-state index contributed by atoms with van der Waals surface area (Å²) in [6.45, 7) is 0. The summed E-state index contributed by atoms with van der Waals surface area (Å²) in [5.41, 5.74) is 1.48. The van der Waals surface area contributed by atoms with Gasteiger partial charge in [0.2, 0.25) is 0 Å². The minimum Gasteiger partial charge on any atom is -0.306 e. The highest BCUT2D eigenvalue weighted by Gasteiger charge is 2.25. The van der Waals surface area contributed by atoms with Crippen LogP contribution in [0.3, 0.4) is 0 Å². The molecule has 0 aromatic heterocycles. The second kappa shape index (κ2) is 6.20. The Bertz CT molecular complexity index is 312. The standard InChI is InChI=1S/C16H25N/c1-17(2)16(15-11-7-4-8-12-15)13-14-9-5-3-6-10-14/h3,5-6,9-10,15-16H,4,7-8,11-13H2,1-2H3/t16-/m1/s1. The van der Waals surface area contributed by atoms with Gasteiger partial charge < -0.3 is 4.90 Å². The Kier molecular flexibility index (Phi) is 4.61. The first-order valence-electron chi connectivity index (χ1n) is 6.97. The van der Waals surface area contributed by atoms with Gasteiger partial charge in [-0.1, -0.05) is 49.6 Å². The zero-order valence-corrected chi connectivity index (χ0v) is 11.2. The van der Waals surface area contributed by atoms with E-state index in [1.165, 1.54) is 44.1 Å². The number of likely N-dealkylation sites (N-methyl/N-ethyl adjacent to an activating group) is 1. The van der Waals surface area contributed by atoms with Gasteiger partial charge in [0.15, 0.2) is 0 Å². The minimum absolute atomic E-state index is 0.720. The lowest BCUT2D eigenvalue weighted by atomic mass is 9.81. The van der Waals surface area contributed by atoms with E-state index < -0.39 is 0 Å². The van der Waals surface area contributed by atoms with Gasteiger partial charge in [-0.2, -0.15) is 0 Å². The third kappa shape index (κ3) is 3.57. The molecule has 0 spiro atoms. The average Bonchev–Trinajstić information content (AvgIpc) is 2.38. The summed E-state index contributed by atoms with van der Waals surface area (Å²) in [7, 11) is 4.48. The highest BCUT2D eigenvalue weighted by atomic mass is 15.1. The van der Waals surface area contributed by atoms with Crippen LogP contribution in [0.25, 0.3) is 0 Å². The smallest absolute Gasteiger partial charge is 0.0158 e. The third-order valence-electron chi connectivity index (χ3n) is 4.14. The summed E-state index contributed by atoms with van der Waals surface area (Å²) in [6.07, 6.45) is 8.37. The molecule has 1 saturated carbocycles. The van der Waals surface area contributed by atoms with E-state index in [0.717, 1.165) is 12.0 Å². The number of rotatable bonds is 4. The Morgan fingerprint density at radius 2 is 1.71 bits per heavy atom. The largest absolute Gasteiger partial charge is 0.306 e. The Morgan fingerprint density at radius 1 is 1.06 bits per heavy atom. The van der Waals surface area contributed by atoms with E-state index in [0.29, 0.717) is 0 Å². The summed E-state index contributed by atoms with van der Waals surface area (Å²) >= 11 is 0. The van der Waals surface area contributed by atoms with Crippen molar-refractivity contribution in [3.63, 3.8) is 0 Å². The molecule has 1 aliphatic carbocycles. The zero-order valence-electron chi connectivity index (χ0n) is 11.2. The van der Waals surface area contributed by atoms with Gasteiger partial charge in [-0.05, 0) is 44.8 Å². The van der Waals surface area contributed by atoms with Crippen LogP contribution in [-0.2, 0) is 6.42 Å². The van der Waals surface area contributed by atoms with E-state index in [9.17, 15) is 0 Å². The molecule has 0 radical (unpaired) electrons. The molecule has 17 heavy (non-hydrogen) atoms. The van der Waals surface area contributed by atoms with Crippen molar-refractivity contribution in [2.24, 2.45) is 5.92 Å². The fourth-order valence-corrected chi connectivity index (χ4v) is 3.15. The van der Waals surface area contributed by atoms with Gasteiger partial charge in [-0.3, -0.25) is 0 Å². The van der Waals surface area contributed by atoms with Crippen molar-refractivity contribution in [2.75, 3.05) is 14.1 Å². The van der Waals surface area contributed by atoms with E-state index >= 15 is 0 Å². The van der Waals surface area contributed by atoms with E-state index in [1.54, 1.807) is 0 Å². The summed E-state index contributed by atoms with van der Waals surface area (Å²) in [6, 6.07) is 11.7. The molecular weight excluding hydrogens is 206 g/mol. The van der Waals surface area contributed by atoms with Crippen LogP contribution >= 0.6 is 0 Å². The molecule has 0 bridgehead atoms. The monoisotopic (exact) mass is 231 g/mol. The van der Waals surface area contributed by atoms with Crippen molar-refractivity contribution in [2.45, 2.75) is 44.6 Å². The van der Waals surface area contributed by atoms with Crippen molar-refractivity contribution < 1.29 is 0 Å². The summed E-state index contributed by atoms with van der Waals surface area (Å²) in [5.74, 6) is 0.902. The fraction of sp³-hybridized carbons (Fsp3) is 0.625. The molecule has 0 unspecified atom stereocenters. The first kappa shape index (κ1) is 12.6. The Labute approximate surface area is 106 Å². The van der Waals surface area contributed by atoms with Crippen LogP contribution in [-0.4, -0.2) is 25.0 Å². The number of nitrogens with zero attached hydrogens (tertiary/aromatic N) is 1. The second-order valence-corrected chi connectivity index (χ2v) is 5.62. The quantitative estimate of drug-likeness (QED) is 0.763. The van der Waals surface area contributed by atoms with E-state index in [4.69, 9.17) is 0 Å². The molecular formula is C16H25N. The molecule has 1 heteroatoms. The summed E-state index contributed by atoms with van der Waals surface area (Å²) < 4.78 is 0. The molecule has 1 atom stereocenters. The van der Waals surface area contributed by atoms with Crippen molar-refractivity contribution in [1.29, 1.82) is 0 Å². The highest BCUT2D eigenvalue weighted by Crippen LogP contribution is 2.29. The van der Waals surface area contributed by atoms with Crippen molar-refractivity contribution in [3.8, 4) is 0 Å². The number of benzene rings is 1. The van der Waals surface area contributed by atoms with E-state index in [-0.39, 0.29) is 0 Å². The van der Waals surface area contributed by atoms with Gasteiger partial charge in [0, 0.05) is 6.04 Å². The van der Waals surface area contributed by atoms with Gasteiger partial charge in [-0.15, -0.1) is 0 Å². The molecule has 2 rings (SSSR count). The lowest BCUT2D eigenvalue weighted by molar-refractivity contribution is 0.169. The molecule has 0 amide bonds. The van der Waals surface area contributed by atoms with Gasteiger partial charge in [-0.25, -0.2) is 0 Å². The van der Waals surface area contributed by atoms with E-state index in [1.807, 2.05) is 0 Å². The molecule has 0 aliphatic heterocycles. The molecule has 94 valence electrons. The topological polar surface area (TPSA) is 3.24 Å². The van der Waals surface area contributed by atoms with Gasteiger partial charge in [0.1, 0.15) is 0 Å². The summed E-state index contributed by atoms with van der Waals surface area (Å²) in [5, 5.41) is 0. The fourth-order valence-electron chi connectivity index (χ4n) is 3.15. The molecule has 0 N–H and O–H groups in total. The maximum atomic E-state index is 2.43. The molecule has 1 aromatic carbocycles. The van der Waals surface area contributed by atoms with Crippen LogP contribution in [0.2, 0.25) is 0 Å². The normalized spacial score (nSPS) is 19.5. The maximum absolute atomic E-state index is 2.43. The van der Waals surface area contributed by atoms with E-state index in [2.05, 4.69) is 49.3 Å². The minimum atomic E-state index is 0.720. The number of hydrogen-bond donors (Lipinski definition) is 0. The maximum Gasteiger partial charge on any atom is 0.0158 e. The van der Waals surface area contributed by atoms with Crippen LogP contribution in [0.5, 0.6) is 0 Å². The van der Waals surface area contributed by atoms with Crippen LogP contribution in [0.4, 0.5) is 0 Å². The van der Waals surface area contributed by atoms with Gasteiger partial charge >= 0.3 is 0 Å². The SMILES string of the molecule is CN(C)[C@H](Cc1ccccc1)C1CCCCC1. The Balaban J connectivity index is 2.01. The lowest BCUT2D eigenvalue weighted by Gasteiger charge is -2.35. The molecule has 1 fully saturated rings. The second-order valence-electron chi connectivity index (χ2n) is 5.62. The van der Waals surface area contributed by atoms with Crippen molar-refractivity contribution in [3.05, 3.63) is 35.9 Å². The van der Waals surface area contributed by atoms with Crippen LogP contribution in [0.15, 0.2) is 30.3 Å². The number of hydrogen-bond acceptors (Lipinski definition) is 1. The average molecular weight is 231 g/mol. The first-order valence-corrected chi connectivity index (χ1v) is 6.97. The predicted molar refractivity (Wildman–Crippen MR) is 74.2 cm³/mol. The van der Waals surface area contributed by atoms with Crippen molar-refractivity contribution in [1.82, 2.24) is 4.90 Å². The van der Waals surface area contributed by atoms with Gasteiger partial charge in [0.25, 0.3) is 0 Å². The predicted octanol–water partition coefficient (Wildman–Crippen LogP) is 3.74. The third-order valence-corrected chi connectivity index (χ3v) is 4.14. The highest BCUT2D eigenvalue weighted by molar-refractivity contribution is 5.16. The van der Waals surface area contributed by atoms with Crippen molar-refractivity contribution >= 4 is 0 Å². The van der Waals surface area contributed by atoms with Crippen LogP contribution < -0.4 is 0 Å².